The second-order valence-electron chi connectivity index (χ2n) is 7.43. The van der Waals surface area contributed by atoms with E-state index in [-0.39, 0.29) is 24.2 Å². The molecule has 0 aromatic heterocycles. The predicted octanol–water partition coefficient (Wildman–Crippen LogP) is 2.64. The highest BCUT2D eigenvalue weighted by atomic mass is 35.5. The van der Waals surface area contributed by atoms with Gasteiger partial charge in [0, 0.05) is 25.2 Å². The molecule has 3 fully saturated rings. The van der Waals surface area contributed by atoms with E-state index in [0.717, 1.165) is 45.3 Å². The molecule has 1 amide bonds. The zero-order valence-electron chi connectivity index (χ0n) is 13.5. The van der Waals surface area contributed by atoms with E-state index in [0.29, 0.717) is 23.9 Å². The Balaban J connectivity index is 0.00000176. The summed E-state index contributed by atoms with van der Waals surface area (Å²) in [5.74, 6) is 0.861. The van der Waals surface area contributed by atoms with Gasteiger partial charge in [-0.2, -0.15) is 0 Å². The normalized spacial score (nSPS) is 31.7. The summed E-state index contributed by atoms with van der Waals surface area (Å²) < 4.78 is 5.50. The van der Waals surface area contributed by atoms with Crippen molar-refractivity contribution in [1.29, 1.82) is 0 Å². The Hall–Kier alpha value is -0.320. The maximum atomic E-state index is 12.5. The zero-order valence-corrected chi connectivity index (χ0v) is 14.3. The molecule has 1 spiro atoms. The highest BCUT2D eigenvalue weighted by Gasteiger charge is 2.38. The molecule has 2 aliphatic carbocycles. The third-order valence-electron chi connectivity index (χ3n) is 6.24. The minimum Gasteiger partial charge on any atom is -0.381 e. The van der Waals surface area contributed by atoms with Crippen molar-refractivity contribution in [3.8, 4) is 0 Å². The van der Waals surface area contributed by atoms with Crippen LogP contribution in [0.5, 0.6) is 0 Å². The monoisotopic (exact) mass is 330 g/mol. The van der Waals surface area contributed by atoms with Crippen LogP contribution in [0.15, 0.2) is 0 Å². The van der Waals surface area contributed by atoms with Crippen LogP contribution >= 0.6 is 12.4 Å². The fourth-order valence-electron chi connectivity index (χ4n) is 4.65. The SMILES string of the molecule is Cl.NC[C@H]1CCC[C@H]1C(=O)NC1CCC2(CCOCC2)CC1. The molecule has 1 heterocycles. The van der Waals surface area contributed by atoms with Crippen LogP contribution in [-0.2, 0) is 9.53 Å². The molecule has 3 N–H and O–H groups in total. The summed E-state index contributed by atoms with van der Waals surface area (Å²) in [4.78, 5) is 12.5. The van der Waals surface area contributed by atoms with Crippen molar-refractivity contribution in [3.05, 3.63) is 0 Å². The Morgan fingerprint density at radius 2 is 1.77 bits per heavy atom. The number of carbonyl (C=O) groups is 1. The molecule has 2 saturated carbocycles. The Labute approximate surface area is 140 Å². The van der Waals surface area contributed by atoms with Gasteiger partial charge in [0.05, 0.1) is 0 Å². The van der Waals surface area contributed by atoms with Gasteiger partial charge >= 0.3 is 0 Å². The minimum absolute atomic E-state index is 0. The van der Waals surface area contributed by atoms with Crippen LogP contribution in [0.3, 0.4) is 0 Å². The Bertz CT molecular complexity index is 362. The molecule has 2 atom stereocenters. The second kappa shape index (κ2) is 7.98. The largest absolute Gasteiger partial charge is 0.381 e. The molecule has 1 saturated heterocycles. The van der Waals surface area contributed by atoms with Gasteiger partial charge in [-0.15, -0.1) is 12.4 Å². The van der Waals surface area contributed by atoms with Crippen LogP contribution < -0.4 is 11.1 Å². The van der Waals surface area contributed by atoms with Gasteiger partial charge in [-0.05, 0) is 69.2 Å². The van der Waals surface area contributed by atoms with Crippen molar-refractivity contribution in [2.24, 2.45) is 23.0 Å². The maximum absolute atomic E-state index is 12.5. The second-order valence-corrected chi connectivity index (χ2v) is 7.43. The minimum atomic E-state index is 0. The first kappa shape index (κ1) is 18.0. The van der Waals surface area contributed by atoms with Crippen LogP contribution in [0.2, 0.25) is 0 Å². The van der Waals surface area contributed by atoms with Crippen LogP contribution in [0.1, 0.15) is 57.8 Å². The van der Waals surface area contributed by atoms with Gasteiger partial charge in [0.2, 0.25) is 5.91 Å². The predicted molar refractivity (Wildman–Crippen MR) is 90.0 cm³/mol. The lowest BCUT2D eigenvalue weighted by atomic mass is 9.68. The van der Waals surface area contributed by atoms with Gasteiger partial charge in [-0.3, -0.25) is 4.79 Å². The number of nitrogens with two attached hydrogens (primary N) is 1. The van der Waals surface area contributed by atoms with Crippen molar-refractivity contribution in [1.82, 2.24) is 5.32 Å². The summed E-state index contributed by atoms with van der Waals surface area (Å²) in [5.41, 5.74) is 6.32. The Kier molecular flexibility index (Phi) is 6.54. The number of rotatable bonds is 3. The average Bonchev–Trinajstić information content (AvgIpc) is 2.99. The number of carbonyl (C=O) groups excluding carboxylic acids is 1. The molecule has 3 rings (SSSR count). The lowest BCUT2D eigenvalue weighted by Crippen LogP contribution is -2.45. The number of halogens is 1. The molecule has 3 aliphatic rings. The first-order valence-electron chi connectivity index (χ1n) is 8.81. The fourth-order valence-corrected chi connectivity index (χ4v) is 4.65. The molecular weight excluding hydrogens is 300 g/mol. The van der Waals surface area contributed by atoms with E-state index in [4.69, 9.17) is 10.5 Å². The Morgan fingerprint density at radius 1 is 1.09 bits per heavy atom. The molecule has 22 heavy (non-hydrogen) atoms. The molecular formula is C17H31ClN2O2. The summed E-state index contributed by atoms with van der Waals surface area (Å²) in [6.45, 7) is 2.51. The molecule has 0 bridgehead atoms. The topological polar surface area (TPSA) is 64.4 Å². The summed E-state index contributed by atoms with van der Waals surface area (Å²) in [5, 5.41) is 3.32. The zero-order chi connectivity index (χ0) is 14.7. The maximum Gasteiger partial charge on any atom is 0.223 e. The number of hydrogen-bond donors (Lipinski definition) is 2. The summed E-state index contributed by atoms with van der Waals surface area (Å²) in [7, 11) is 0. The molecule has 4 nitrogen and oxygen atoms in total. The van der Waals surface area contributed by atoms with E-state index in [9.17, 15) is 4.79 Å². The van der Waals surface area contributed by atoms with Gasteiger partial charge in [0.25, 0.3) is 0 Å². The van der Waals surface area contributed by atoms with Gasteiger partial charge in [0.15, 0.2) is 0 Å². The van der Waals surface area contributed by atoms with E-state index in [1.54, 1.807) is 0 Å². The van der Waals surface area contributed by atoms with Crippen LogP contribution in [0.4, 0.5) is 0 Å². The average molecular weight is 331 g/mol. The van der Waals surface area contributed by atoms with Crippen molar-refractivity contribution in [2.75, 3.05) is 19.8 Å². The van der Waals surface area contributed by atoms with E-state index in [1.807, 2.05) is 0 Å². The van der Waals surface area contributed by atoms with Gasteiger partial charge < -0.3 is 15.8 Å². The lowest BCUT2D eigenvalue weighted by Gasteiger charge is -2.43. The quantitative estimate of drug-likeness (QED) is 0.836. The standard InChI is InChI=1S/C17H30N2O2.ClH/c18-12-13-2-1-3-15(13)16(20)19-14-4-6-17(7-5-14)8-10-21-11-9-17;/h13-15H,1-12,18H2,(H,19,20);1H/t13-,15-;/m1./s1. The van der Waals surface area contributed by atoms with Crippen LogP contribution in [-0.4, -0.2) is 31.7 Å². The molecule has 0 aromatic carbocycles. The highest BCUT2D eigenvalue weighted by molar-refractivity contribution is 5.85. The van der Waals surface area contributed by atoms with Crippen molar-refractivity contribution in [2.45, 2.75) is 63.8 Å². The first-order chi connectivity index (χ1) is 10.2. The summed E-state index contributed by atoms with van der Waals surface area (Å²) >= 11 is 0. The molecule has 128 valence electrons. The fraction of sp³-hybridized carbons (Fsp3) is 0.941. The highest BCUT2D eigenvalue weighted by Crippen LogP contribution is 2.44. The summed E-state index contributed by atoms with van der Waals surface area (Å²) in [6, 6.07) is 0.394. The third kappa shape index (κ3) is 3.95. The van der Waals surface area contributed by atoms with E-state index in [1.165, 1.54) is 25.7 Å². The van der Waals surface area contributed by atoms with Crippen LogP contribution in [0, 0.1) is 17.3 Å². The molecule has 0 unspecified atom stereocenters. The smallest absolute Gasteiger partial charge is 0.223 e. The molecule has 0 radical (unpaired) electrons. The third-order valence-corrected chi connectivity index (χ3v) is 6.24. The van der Waals surface area contributed by atoms with E-state index < -0.39 is 0 Å². The van der Waals surface area contributed by atoms with E-state index >= 15 is 0 Å². The van der Waals surface area contributed by atoms with E-state index in [2.05, 4.69) is 5.32 Å². The number of nitrogens with one attached hydrogen (secondary N) is 1. The number of hydrogen-bond acceptors (Lipinski definition) is 3. The first-order valence-corrected chi connectivity index (χ1v) is 8.81. The van der Waals surface area contributed by atoms with Gasteiger partial charge in [0.1, 0.15) is 0 Å². The van der Waals surface area contributed by atoms with Crippen molar-refractivity contribution < 1.29 is 9.53 Å². The lowest BCUT2D eigenvalue weighted by molar-refractivity contribution is -0.127. The molecule has 5 heteroatoms. The Morgan fingerprint density at radius 3 is 2.41 bits per heavy atom. The number of amides is 1. The van der Waals surface area contributed by atoms with Crippen molar-refractivity contribution in [3.63, 3.8) is 0 Å². The van der Waals surface area contributed by atoms with Crippen molar-refractivity contribution >= 4 is 18.3 Å². The summed E-state index contributed by atoms with van der Waals surface area (Å²) in [6.07, 6.45) is 10.5. The van der Waals surface area contributed by atoms with Crippen LogP contribution in [0.25, 0.3) is 0 Å². The molecule has 0 aromatic rings. The van der Waals surface area contributed by atoms with Gasteiger partial charge in [-0.1, -0.05) is 6.42 Å². The molecule has 1 aliphatic heterocycles. The van der Waals surface area contributed by atoms with Gasteiger partial charge in [-0.25, -0.2) is 0 Å². The number of ether oxygens (including phenoxy) is 1.